The highest BCUT2D eigenvalue weighted by molar-refractivity contribution is 7.99. The van der Waals surface area contributed by atoms with Crippen molar-refractivity contribution in [3.05, 3.63) is 23.2 Å². The van der Waals surface area contributed by atoms with E-state index >= 15 is 0 Å². The van der Waals surface area contributed by atoms with Gasteiger partial charge in [0.1, 0.15) is 5.75 Å². The van der Waals surface area contributed by atoms with Gasteiger partial charge in [-0.1, -0.05) is 11.6 Å². The van der Waals surface area contributed by atoms with Crippen LogP contribution in [-0.4, -0.2) is 37.1 Å². The molecule has 0 radical (unpaired) electrons. The Balaban J connectivity index is 2.07. The summed E-state index contributed by atoms with van der Waals surface area (Å²) in [6.45, 7) is 0.857. The van der Waals surface area contributed by atoms with Gasteiger partial charge in [0.25, 0.3) is 0 Å². The van der Waals surface area contributed by atoms with Crippen molar-refractivity contribution in [1.29, 1.82) is 0 Å². The number of hydrogen-bond donors (Lipinski definition) is 2. The number of halogens is 1. The van der Waals surface area contributed by atoms with Crippen LogP contribution in [-0.2, 0) is 4.79 Å². The third-order valence-corrected chi connectivity index (χ3v) is 3.95. The third kappa shape index (κ3) is 3.31. The molecule has 1 aliphatic rings. The van der Waals surface area contributed by atoms with E-state index in [4.69, 9.17) is 16.3 Å². The lowest BCUT2D eigenvalue weighted by atomic mass is 10.2. The van der Waals surface area contributed by atoms with Crippen molar-refractivity contribution in [3.63, 3.8) is 0 Å². The first-order valence-electron chi connectivity index (χ1n) is 5.66. The molecule has 18 heavy (non-hydrogen) atoms. The number of anilines is 1. The van der Waals surface area contributed by atoms with Crippen molar-refractivity contribution in [2.45, 2.75) is 6.04 Å². The molecule has 0 aliphatic carbocycles. The highest BCUT2D eigenvalue weighted by atomic mass is 35.5. The molecule has 2 rings (SSSR count). The van der Waals surface area contributed by atoms with Crippen molar-refractivity contribution < 1.29 is 9.53 Å². The molecule has 0 saturated carbocycles. The molecule has 1 saturated heterocycles. The third-order valence-electron chi connectivity index (χ3n) is 2.66. The lowest BCUT2D eigenvalue weighted by molar-refractivity contribution is -0.117. The fraction of sp³-hybridized carbons (Fsp3) is 0.417. The first-order valence-corrected chi connectivity index (χ1v) is 7.19. The first-order chi connectivity index (χ1) is 8.70. The maximum atomic E-state index is 12.1. The van der Waals surface area contributed by atoms with Gasteiger partial charge in [0.15, 0.2) is 0 Å². The average Bonchev–Trinajstić information content (AvgIpc) is 2.40. The fourth-order valence-electron chi connectivity index (χ4n) is 1.73. The molecule has 1 aromatic rings. The van der Waals surface area contributed by atoms with E-state index in [1.807, 2.05) is 0 Å². The summed E-state index contributed by atoms with van der Waals surface area (Å²) in [6.07, 6.45) is 0. The highest BCUT2D eigenvalue weighted by Gasteiger charge is 2.21. The number of thioether (sulfide) groups is 1. The molecule has 1 atom stereocenters. The lowest BCUT2D eigenvalue weighted by Gasteiger charge is -2.22. The lowest BCUT2D eigenvalue weighted by Crippen LogP contribution is -2.46. The molecular formula is C12H15ClN2O2S. The molecule has 1 aliphatic heterocycles. The molecule has 0 aromatic heterocycles. The summed E-state index contributed by atoms with van der Waals surface area (Å²) in [6, 6.07) is 4.99. The van der Waals surface area contributed by atoms with E-state index in [9.17, 15) is 4.79 Å². The summed E-state index contributed by atoms with van der Waals surface area (Å²) < 4.78 is 5.19. The standard InChI is InChI=1S/C12H15ClN2O2S/c1-17-11-3-2-8(13)6-9(11)15-12(16)10-7-18-5-4-14-10/h2-3,6,10,14H,4-5,7H2,1H3,(H,15,16). The van der Waals surface area contributed by atoms with E-state index < -0.39 is 0 Å². The van der Waals surface area contributed by atoms with Crippen LogP contribution in [0.4, 0.5) is 5.69 Å². The molecule has 1 amide bonds. The summed E-state index contributed by atoms with van der Waals surface area (Å²) in [4.78, 5) is 12.1. The first kappa shape index (κ1) is 13.5. The molecule has 98 valence electrons. The van der Waals surface area contributed by atoms with Crippen LogP contribution in [0.25, 0.3) is 0 Å². The predicted octanol–water partition coefficient (Wildman–Crippen LogP) is 1.99. The average molecular weight is 287 g/mol. The zero-order valence-corrected chi connectivity index (χ0v) is 11.6. The Hall–Kier alpha value is -0.910. The number of hydrogen-bond acceptors (Lipinski definition) is 4. The van der Waals surface area contributed by atoms with Crippen molar-refractivity contribution in [1.82, 2.24) is 5.32 Å². The van der Waals surface area contributed by atoms with Crippen LogP contribution >= 0.6 is 23.4 Å². The molecule has 1 unspecified atom stereocenters. The Kier molecular flexibility index (Phi) is 4.74. The summed E-state index contributed by atoms with van der Waals surface area (Å²) in [5, 5.41) is 6.60. The summed E-state index contributed by atoms with van der Waals surface area (Å²) in [7, 11) is 1.56. The number of nitrogens with one attached hydrogen (secondary N) is 2. The van der Waals surface area contributed by atoms with E-state index in [-0.39, 0.29) is 11.9 Å². The van der Waals surface area contributed by atoms with Crippen LogP contribution in [0.2, 0.25) is 5.02 Å². The Morgan fingerprint density at radius 3 is 3.11 bits per heavy atom. The normalized spacial score (nSPS) is 19.3. The minimum absolute atomic E-state index is 0.0530. The van der Waals surface area contributed by atoms with E-state index in [0.29, 0.717) is 16.5 Å². The summed E-state index contributed by atoms with van der Waals surface area (Å²) in [5.41, 5.74) is 0.604. The number of rotatable bonds is 3. The van der Waals surface area contributed by atoms with Crippen molar-refractivity contribution in [2.24, 2.45) is 0 Å². The van der Waals surface area contributed by atoms with Crippen LogP contribution in [0.1, 0.15) is 0 Å². The molecule has 0 spiro atoms. The Labute approximate surface area is 115 Å². The number of carbonyl (C=O) groups excluding carboxylic acids is 1. The minimum atomic E-state index is -0.160. The SMILES string of the molecule is COc1ccc(Cl)cc1NC(=O)C1CSCCN1. The summed E-state index contributed by atoms with van der Waals surface area (Å²) in [5.74, 6) is 2.39. The molecule has 1 fully saturated rings. The Morgan fingerprint density at radius 1 is 1.61 bits per heavy atom. The quantitative estimate of drug-likeness (QED) is 0.892. The van der Waals surface area contributed by atoms with Crippen molar-refractivity contribution in [3.8, 4) is 5.75 Å². The van der Waals surface area contributed by atoms with Crippen LogP contribution < -0.4 is 15.4 Å². The molecule has 0 bridgehead atoms. The zero-order valence-electron chi connectivity index (χ0n) is 10.0. The van der Waals surface area contributed by atoms with Gasteiger partial charge in [0.2, 0.25) is 5.91 Å². The summed E-state index contributed by atoms with van der Waals surface area (Å²) >= 11 is 7.69. The monoisotopic (exact) mass is 286 g/mol. The van der Waals surface area contributed by atoms with Gasteiger partial charge >= 0.3 is 0 Å². The largest absolute Gasteiger partial charge is 0.495 e. The molecule has 1 heterocycles. The zero-order chi connectivity index (χ0) is 13.0. The van der Waals surface area contributed by atoms with E-state index in [1.165, 1.54) is 0 Å². The molecule has 4 nitrogen and oxygen atoms in total. The van der Waals surface area contributed by atoms with Crippen LogP contribution in [0, 0.1) is 0 Å². The van der Waals surface area contributed by atoms with Gasteiger partial charge in [-0.2, -0.15) is 11.8 Å². The van der Waals surface area contributed by atoms with Gasteiger partial charge in [0, 0.05) is 23.1 Å². The van der Waals surface area contributed by atoms with Crippen LogP contribution in [0.15, 0.2) is 18.2 Å². The maximum Gasteiger partial charge on any atom is 0.242 e. The number of benzene rings is 1. The van der Waals surface area contributed by atoms with Gasteiger partial charge in [-0.05, 0) is 18.2 Å². The van der Waals surface area contributed by atoms with Gasteiger partial charge < -0.3 is 15.4 Å². The number of carbonyl (C=O) groups is 1. The van der Waals surface area contributed by atoms with E-state index in [1.54, 1.807) is 37.1 Å². The fourth-order valence-corrected chi connectivity index (χ4v) is 2.84. The molecular weight excluding hydrogens is 272 g/mol. The van der Waals surface area contributed by atoms with Crippen molar-refractivity contribution in [2.75, 3.05) is 30.5 Å². The van der Waals surface area contributed by atoms with Crippen LogP contribution in [0.5, 0.6) is 5.75 Å². The second-order valence-electron chi connectivity index (χ2n) is 3.92. The smallest absolute Gasteiger partial charge is 0.242 e. The predicted molar refractivity (Wildman–Crippen MR) is 75.7 cm³/mol. The second-order valence-corrected chi connectivity index (χ2v) is 5.50. The van der Waals surface area contributed by atoms with Crippen LogP contribution in [0.3, 0.4) is 0 Å². The Bertz CT molecular complexity index is 436. The minimum Gasteiger partial charge on any atom is -0.495 e. The number of ether oxygens (including phenoxy) is 1. The number of methoxy groups -OCH3 is 1. The van der Waals surface area contributed by atoms with Gasteiger partial charge in [-0.3, -0.25) is 4.79 Å². The highest BCUT2D eigenvalue weighted by Crippen LogP contribution is 2.27. The Morgan fingerprint density at radius 2 is 2.44 bits per heavy atom. The maximum absolute atomic E-state index is 12.1. The number of amides is 1. The molecule has 1 aromatic carbocycles. The molecule has 6 heteroatoms. The van der Waals surface area contributed by atoms with E-state index in [0.717, 1.165) is 18.1 Å². The van der Waals surface area contributed by atoms with Gasteiger partial charge in [0.05, 0.1) is 18.8 Å². The second kappa shape index (κ2) is 6.31. The van der Waals surface area contributed by atoms with Crippen molar-refractivity contribution >= 4 is 35.0 Å². The topological polar surface area (TPSA) is 50.4 Å². The van der Waals surface area contributed by atoms with Gasteiger partial charge in [-0.25, -0.2) is 0 Å². The van der Waals surface area contributed by atoms with E-state index in [2.05, 4.69) is 10.6 Å². The van der Waals surface area contributed by atoms with Gasteiger partial charge in [-0.15, -0.1) is 0 Å². The molecule has 2 N–H and O–H groups in total.